The molecular formula is C14H17F2NO3. The van der Waals surface area contributed by atoms with Crippen molar-refractivity contribution in [3.05, 3.63) is 29.8 Å². The van der Waals surface area contributed by atoms with Gasteiger partial charge in [-0.3, -0.25) is 4.79 Å². The monoisotopic (exact) mass is 285 g/mol. The van der Waals surface area contributed by atoms with E-state index in [1.165, 1.54) is 18.2 Å². The van der Waals surface area contributed by atoms with E-state index in [0.717, 1.165) is 12.8 Å². The number of ether oxygens (including phenoxy) is 1. The number of benzene rings is 1. The van der Waals surface area contributed by atoms with Crippen molar-refractivity contribution in [2.24, 2.45) is 0 Å². The molecule has 0 unspecified atom stereocenters. The number of amides is 1. The normalized spacial score (nSPS) is 22.6. The van der Waals surface area contributed by atoms with Gasteiger partial charge in [0, 0.05) is 11.6 Å². The van der Waals surface area contributed by atoms with E-state index in [1.54, 1.807) is 6.07 Å². The Labute approximate surface area is 115 Å². The van der Waals surface area contributed by atoms with E-state index in [2.05, 4.69) is 10.1 Å². The standard InChI is InChI=1S/C14H17F2NO3/c15-14(16)20-12-3-1-2-9(8-12)13(19)17-10-4-6-11(18)7-5-10/h1-3,8,10-11,14,18H,4-7H2,(H,17,19). The summed E-state index contributed by atoms with van der Waals surface area (Å²) >= 11 is 0. The summed E-state index contributed by atoms with van der Waals surface area (Å²) in [6.07, 6.45) is 2.49. The third-order valence-corrected chi connectivity index (χ3v) is 3.35. The maximum atomic E-state index is 12.1. The first-order valence-corrected chi connectivity index (χ1v) is 6.58. The smallest absolute Gasteiger partial charge is 0.387 e. The third kappa shape index (κ3) is 4.16. The molecule has 0 radical (unpaired) electrons. The second kappa shape index (κ2) is 6.65. The maximum Gasteiger partial charge on any atom is 0.387 e. The molecule has 4 nitrogen and oxygen atoms in total. The minimum absolute atomic E-state index is 0.0190. The Morgan fingerprint density at radius 2 is 2.00 bits per heavy atom. The number of hydrogen-bond donors (Lipinski definition) is 2. The molecule has 2 rings (SSSR count). The molecule has 0 heterocycles. The third-order valence-electron chi connectivity index (χ3n) is 3.35. The molecule has 0 atom stereocenters. The van der Waals surface area contributed by atoms with Gasteiger partial charge in [0.1, 0.15) is 5.75 Å². The average Bonchev–Trinajstić information content (AvgIpc) is 2.41. The molecule has 0 bridgehead atoms. The van der Waals surface area contributed by atoms with Crippen LogP contribution in [0.15, 0.2) is 24.3 Å². The van der Waals surface area contributed by atoms with Gasteiger partial charge >= 0.3 is 6.61 Å². The zero-order valence-electron chi connectivity index (χ0n) is 10.9. The van der Waals surface area contributed by atoms with Crippen LogP contribution < -0.4 is 10.1 Å². The SMILES string of the molecule is O=C(NC1CCC(O)CC1)c1cccc(OC(F)F)c1. The Kier molecular flexibility index (Phi) is 4.89. The largest absolute Gasteiger partial charge is 0.435 e. The number of halogens is 2. The maximum absolute atomic E-state index is 12.1. The minimum Gasteiger partial charge on any atom is -0.435 e. The summed E-state index contributed by atoms with van der Waals surface area (Å²) in [6.45, 7) is -2.91. The van der Waals surface area contributed by atoms with Crippen LogP contribution in [0.25, 0.3) is 0 Å². The molecule has 6 heteroatoms. The lowest BCUT2D eigenvalue weighted by molar-refractivity contribution is -0.0498. The second-order valence-electron chi connectivity index (χ2n) is 4.89. The predicted molar refractivity (Wildman–Crippen MR) is 68.8 cm³/mol. The highest BCUT2D eigenvalue weighted by Crippen LogP contribution is 2.20. The second-order valence-corrected chi connectivity index (χ2v) is 4.89. The minimum atomic E-state index is -2.91. The molecule has 110 valence electrons. The van der Waals surface area contributed by atoms with E-state index in [0.29, 0.717) is 12.8 Å². The Bertz CT molecular complexity index is 459. The molecule has 1 aliphatic carbocycles. The van der Waals surface area contributed by atoms with Crippen molar-refractivity contribution >= 4 is 5.91 Å². The number of carbonyl (C=O) groups excluding carboxylic acids is 1. The first-order valence-electron chi connectivity index (χ1n) is 6.58. The van der Waals surface area contributed by atoms with Crippen molar-refractivity contribution in [2.75, 3.05) is 0 Å². The highest BCUT2D eigenvalue weighted by Gasteiger charge is 2.21. The molecule has 1 amide bonds. The van der Waals surface area contributed by atoms with Crippen LogP contribution in [-0.4, -0.2) is 29.8 Å². The molecule has 2 N–H and O–H groups in total. The van der Waals surface area contributed by atoms with E-state index in [4.69, 9.17) is 0 Å². The number of aliphatic hydroxyl groups excluding tert-OH is 1. The van der Waals surface area contributed by atoms with Crippen LogP contribution in [0.2, 0.25) is 0 Å². The zero-order chi connectivity index (χ0) is 14.5. The molecule has 1 aromatic rings. The lowest BCUT2D eigenvalue weighted by Crippen LogP contribution is -2.38. The van der Waals surface area contributed by atoms with Crippen molar-refractivity contribution in [2.45, 2.75) is 44.4 Å². The van der Waals surface area contributed by atoms with Crippen molar-refractivity contribution in [3.8, 4) is 5.75 Å². The zero-order valence-corrected chi connectivity index (χ0v) is 10.9. The van der Waals surface area contributed by atoms with E-state index < -0.39 is 6.61 Å². The molecule has 20 heavy (non-hydrogen) atoms. The fourth-order valence-corrected chi connectivity index (χ4v) is 2.30. The van der Waals surface area contributed by atoms with Gasteiger partial charge in [-0.2, -0.15) is 8.78 Å². The quantitative estimate of drug-likeness (QED) is 0.892. The fourth-order valence-electron chi connectivity index (χ4n) is 2.30. The van der Waals surface area contributed by atoms with Crippen molar-refractivity contribution < 1.29 is 23.4 Å². The van der Waals surface area contributed by atoms with E-state index in [9.17, 15) is 18.7 Å². The van der Waals surface area contributed by atoms with Gasteiger partial charge in [-0.25, -0.2) is 0 Å². The van der Waals surface area contributed by atoms with Crippen LogP contribution in [0.5, 0.6) is 5.75 Å². The topological polar surface area (TPSA) is 58.6 Å². The van der Waals surface area contributed by atoms with Gasteiger partial charge in [0.25, 0.3) is 5.91 Å². The first kappa shape index (κ1) is 14.7. The van der Waals surface area contributed by atoms with Gasteiger partial charge < -0.3 is 15.2 Å². The number of hydrogen-bond acceptors (Lipinski definition) is 3. The Morgan fingerprint density at radius 3 is 2.65 bits per heavy atom. The van der Waals surface area contributed by atoms with Gasteiger partial charge in [0.15, 0.2) is 0 Å². The molecule has 1 aliphatic rings. The summed E-state index contributed by atoms with van der Waals surface area (Å²) < 4.78 is 28.5. The van der Waals surface area contributed by atoms with Gasteiger partial charge in [0.2, 0.25) is 0 Å². The van der Waals surface area contributed by atoms with Crippen LogP contribution >= 0.6 is 0 Å². The highest BCUT2D eigenvalue weighted by atomic mass is 19.3. The molecule has 1 saturated carbocycles. The molecular weight excluding hydrogens is 268 g/mol. The number of aliphatic hydroxyl groups is 1. The van der Waals surface area contributed by atoms with Crippen LogP contribution in [0, 0.1) is 0 Å². The number of nitrogens with one attached hydrogen (secondary N) is 1. The van der Waals surface area contributed by atoms with Crippen LogP contribution in [-0.2, 0) is 0 Å². The van der Waals surface area contributed by atoms with Crippen LogP contribution in [0.4, 0.5) is 8.78 Å². The molecule has 1 aromatic carbocycles. The molecule has 0 saturated heterocycles. The molecule has 0 aliphatic heterocycles. The summed E-state index contributed by atoms with van der Waals surface area (Å²) in [5, 5.41) is 12.2. The van der Waals surface area contributed by atoms with E-state index in [1.807, 2.05) is 0 Å². The Hall–Kier alpha value is -1.69. The Morgan fingerprint density at radius 1 is 1.30 bits per heavy atom. The summed E-state index contributed by atoms with van der Waals surface area (Å²) in [5.41, 5.74) is 0.286. The lowest BCUT2D eigenvalue weighted by Gasteiger charge is -2.26. The van der Waals surface area contributed by atoms with Gasteiger partial charge in [0.05, 0.1) is 6.10 Å². The van der Waals surface area contributed by atoms with Crippen LogP contribution in [0.3, 0.4) is 0 Å². The fraction of sp³-hybridized carbons (Fsp3) is 0.500. The predicted octanol–water partition coefficient (Wildman–Crippen LogP) is 2.32. The van der Waals surface area contributed by atoms with E-state index in [-0.39, 0.29) is 29.4 Å². The number of carbonyl (C=O) groups is 1. The van der Waals surface area contributed by atoms with Crippen molar-refractivity contribution in [3.63, 3.8) is 0 Å². The lowest BCUT2D eigenvalue weighted by atomic mass is 9.93. The molecule has 1 fully saturated rings. The van der Waals surface area contributed by atoms with Gasteiger partial charge in [-0.05, 0) is 43.9 Å². The average molecular weight is 285 g/mol. The summed E-state index contributed by atoms with van der Waals surface area (Å²) in [4.78, 5) is 12.0. The van der Waals surface area contributed by atoms with Gasteiger partial charge in [-0.1, -0.05) is 6.07 Å². The molecule has 0 aromatic heterocycles. The Balaban J connectivity index is 1.95. The van der Waals surface area contributed by atoms with Crippen molar-refractivity contribution in [1.29, 1.82) is 0 Å². The number of alkyl halides is 2. The summed E-state index contributed by atoms with van der Waals surface area (Å²) in [7, 11) is 0. The molecule has 0 spiro atoms. The first-order chi connectivity index (χ1) is 9.54. The highest BCUT2D eigenvalue weighted by molar-refractivity contribution is 5.94. The van der Waals surface area contributed by atoms with Crippen molar-refractivity contribution in [1.82, 2.24) is 5.32 Å². The van der Waals surface area contributed by atoms with Gasteiger partial charge in [-0.15, -0.1) is 0 Å². The number of rotatable bonds is 4. The summed E-state index contributed by atoms with van der Waals surface area (Å²) in [6, 6.07) is 5.73. The van der Waals surface area contributed by atoms with E-state index >= 15 is 0 Å². The summed E-state index contributed by atoms with van der Waals surface area (Å²) in [5.74, 6) is -0.349. The van der Waals surface area contributed by atoms with Crippen LogP contribution in [0.1, 0.15) is 36.0 Å².